The Balaban J connectivity index is 2.62. The highest BCUT2D eigenvalue weighted by Gasteiger charge is 2.14. The number of halogens is 1. The number of urea groups is 1. The van der Waals surface area contributed by atoms with Gasteiger partial charge in [-0.25, -0.2) is 19.5 Å². The van der Waals surface area contributed by atoms with Crippen molar-refractivity contribution < 1.29 is 23.9 Å². The molecule has 6 nitrogen and oxygen atoms in total. The minimum Gasteiger partial charge on any atom is -0.479 e. The predicted molar refractivity (Wildman–Crippen MR) is 61.5 cm³/mol. The van der Waals surface area contributed by atoms with Gasteiger partial charge in [0.25, 0.3) is 0 Å². The highest BCUT2D eigenvalue weighted by molar-refractivity contribution is 5.91. The molecule has 0 fully saturated rings. The summed E-state index contributed by atoms with van der Waals surface area (Å²) in [6.07, 6.45) is 0. The third kappa shape index (κ3) is 4.02. The lowest BCUT2D eigenvalue weighted by atomic mass is 10.3. The predicted octanol–water partition coefficient (Wildman–Crippen LogP) is 1.38. The zero-order valence-corrected chi connectivity index (χ0v) is 9.72. The van der Waals surface area contributed by atoms with E-state index in [4.69, 9.17) is 5.11 Å². The number of anilines is 1. The number of carbonyl (C=O) groups excluding carboxylic acids is 1. The molecule has 0 bridgehead atoms. The van der Waals surface area contributed by atoms with Crippen molar-refractivity contribution in [1.29, 1.82) is 0 Å². The minimum absolute atomic E-state index is 0.327. The molecule has 7 heteroatoms. The number of benzene rings is 1. The lowest BCUT2D eigenvalue weighted by Gasteiger charge is -2.20. The Bertz CT molecular complexity index is 422. The number of carboxylic acids is 1. The van der Waals surface area contributed by atoms with Gasteiger partial charge in [-0.1, -0.05) is 0 Å². The summed E-state index contributed by atoms with van der Waals surface area (Å²) in [5.74, 6) is -1.60. The molecule has 1 aromatic rings. The summed E-state index contributed by atoms with van der Waals surface area (Å²) in [4.78, 5) is 27.6. The quantitative estimate of drug-likeness (QED) is 0.780. The number of hydrogen-bond acceptors (Lipinski definition) is 3. The molecule has 2 N–H and O–H groups in total. The van der Waals surface area contributed by atoms with Crippen LogP contribution in [0.2, 0.25) is 0 Å². The molecule has 98 valence electrons. The lowest BCUT2D eigenvalue weighted by molar-refractivity contribution is -0.143. The summed E-state index contributed by atoms with van der Waals surface area (Å²) < 4.78 is 12.7. The van der Waals surface area contributed by atoms with Gasteiger partial charge in [-0.15, -0.1) is 0 Å². The van der Waals surface area contributed by atoms with Gasteiger partial charge < -0.3 is 5.11 Å². The van der Waals surface area contributed by atoms with Gasteiger partial charge in [0.2, 0.25) is 0 Å². The van der Waals surface area contributed by atoms with Crippen LogP contribution in [0.1, 0.15) is 6.92 Å². The summed E-state index contributed by atoms with van der Waals surface area (Å²) in [5.41, 5.74) is 2.47. The van der Waals surface area contributed by atoms with Gasteiger partial charge in [0, 0.05) is 12.2 Å². The fourth-order valence-electron chi connectivity index (χ4n) is 1.28. The number of amides is 2. The fourth-order valence-corrected chi connectivity index (χ4v) is 1.28. The van der Waals surface area contributed by atoms with Gasteiger partial charge in [-0.05, 0) is 31.2 Å². The van der Waals surface area contributed by atoms with Crippen molar-refractivity contribution in [3.05, 3.63) is 30.1 Å². The van der Waals surface area contributed by atoms with Crippen molar-refractivity contribution in [2.45, 2.75) is 6.92 Å². The van der Waals surface area contributed by atoms with Crippen LogP contribution in [0.3, 0.4) is 0 Å². The molecule has 2 amide bonds. The molecule has 0 heterocycles. The molecule has 0 aliphatic rings. The van der Waals surface area contributed by atoms with Gasteiger partial charge in [-0.3, -0.25) is 9.74 Å². The summed E-state index contributed by atoms with van der Waals surface area (Å²) in [6.45, 7) is 1.42. The van der Waals surface area contributed by atoms with Gasteiger partial charge >= 0.3 is 12.0 Å². The Kier molecular flexibility index (Phi) is 5.06. The second-order valence-electron chi connectivity index (χ2n) is 3.31. The molecule has 0 aliphatic heterocycles. The second-order valence-corrected chi connectivity index (χ2v) is 3.31. The molecule has 0 aromatic heterocycles. The molecule has 0 radical (unpaired) electrons. The maximum absolute atomic E-state index is 12.7. The van der Waals surface area contributed by atoms with E-state index in [1.54, 1.807) is 6.92 Å². The topological polar surface area (TPSA) is 78.9 Å². The first-order valence-electron chi connectivity index (χ1n) is 5.21. The summed E-state index contributed by atoms with van der Waals surface area (Å²) >= 11 is 0. The van der Waals surface area contributed by atoms with Crippen molar-refractivity contribution >= 4 is 17.7 Å². The number of hydrogen-bond donors (Lipinski definition) is 2. The van der Waals surface area contributed by atoms with E-state index in [2.05, 4.69) is 4.84 Å². The normalized spacial score (nSPS) is 9.89. The number of hydroxylamine groups is 1. The zero-order chi connectivity index (χ0) is 13.5. The van der Waals surface area contributed by atoms with E-state index in [-0.39, 0.29) is 0 Å². The maximum Gasteiger partial charge on any atom is 0.345 e. The molecule has 18 heavy (non-hydrogen) atoms. The molecule has 0 atom stereocenters. The largest absolute Gasteiger partial charge is 0.479 e. The van der Waals surface area contributed by atoms with Crippen LogP contribution in [0.4, 0.5) is 14.9 Å². The number of carbonyl (C=O) groups is 2. The van der Waals surface area contributed by atoms with Crippen LogP contribution in [0.25, 0.3) is 0 Å². The Morgan fingerprint density at radius 1 is 1.39 bits per heavy atom. The van der Waals surface area contributed by atoms with E-state index in [1.807, 2.05) is 5.48 Å². The fraction of sp³-hybridized carbons (Fsp3) is 0.273. The van der Waals surface area contributed by atoms with E-state index in [0.717, 1.165) is 0 Å². The van der Waals surface area contributed by atoms with Gasteiger partial charge in [0.1, 0.15) is 5.82 Å². The average Bonchev–Trinajstić information content (AvgIpc) is 2.32. The molecule has 0 saturated carbocycles. The first-order chi connectivity index (χ1) is 8.54. The first kappa shape index (κ1) is 13.9. The molecule has 0 saturated heterocycles. The van der Waals surface area contributed by atoms with Crippen LogP contribution in [-0.2, 0) is 9.63 Å². The molecule has 0 spiro atoms. The molecule has 0 aliphatic carbocycles. The van der Waals surface area contributed by atoms with E-state index in [9.17, 15) is 14.0 Å². The zero-order valence-electron chi connectivity index (χ0n) is 9.72. The van der Waals surface area contributed by atoms with Crippen molar-refractivity contribution in [3.8, 4) is 0 Å². The number of carboxylic acid groups (broad SMARTS) is 1. The third-order valence-electron chi connectivity index (χ3n) is 2.05. The van der Waals surface area contributed by atoms with Crippen LogP contribution < -0.4 is 10.4 Å². The third-order valence-corrected chi connectivity index (χ3v) is 2.05. The number of aliphatic carboxylic acids is 1. The monoisotopic (exact) mass is 256 g/mol. The van der Waals surface area contributed by atoms with Crippen molar-refractivity contribution in [1.82, 2.24) is 5.48 Å². The molecule has 1 rings (SSSR count). The number of nitrogens with zero attached hydrogens (tertiary/aromatic N) is 1. The van der Waals surface area contributed by atoms with E-state index < -0.39 is 24.4 Å². The van der Waals surface area contributed by atoms with Crippen LogP contribution in [0.5, 0.6) is 0 Å². The van der Waals surface area contributed by atoms with Gasteiger partial charge in [-0.2, -0.15) is 0 Å². The minimum atomic E-state index is -1.19. The Hall–Kier alpha value is -2.15. The SMILES string of the molecule is CCN(C(=O)NOCC(=O)O)c1ccc(F)cc1. The van der Waals surface area contributed by atoms with Crippen molar-refractivity contribution in [2.75, 3.05) is 18.1 Å². The second kappa shape index (κ2) is 6.55. The number of rotatable bonds is 5. The van der Waals surface area contributed by atoms with E-state index >= 15 is 0 Å². The van der Waals surface area contributed by atoms with Gasteiger partial charge in [0.05, 0.1) is 0 Å². The molecule has 0 unspecified atom stereocenters. The van der Waals surface area contributed by atoms with Gasteiger partial charge in [0.15, 0.2) is 6.61 Å². The summed E-state index contributed by atoms with van der Waals surface area (Å²) in [7, 11) is 0. The molecular weight excluding hydrogens is 243 g/mol. The standard InChI is InChI=1S/C11H13FN2O4/c1-2-14(9-5-3-8(12)4-6-9)11(17)13-18-7-10(15)16/h3-6H,2,7H2,1H3,(H,13,17)(H,15,16). The van der Waals surface area contributed by atoms with E-state index in [1.165, 1.54) is 29.2 Å². The Morgan fingerprint density at radius 2 is 2.00 bits per heavy atom. The first-order valence-corrected chi connectivity index (χ1v) is 5.21. The average molecular weight is 256 g/mol. The Labute approximate surface area is 103 Å². The summed E-state index contributed by atoms with van der Waals surface area (Å²) in [5, 5.41) is 8.34. The number of nitrogens with one attached hydrogen (secondary N) is 1. The lowest BCUT2D eigenvalue weighted by Crippen LogP contribution is -2.40. The van der Waals surface area contributed by atoms with Crippen LogP contribution in [0.15, 0.2) is 24.3 Å². The smallest absolute Gasteiger partial charge is 0.345 e. The molecule has 1 aromatic carbocycles. The van der Waals surface area contributed by atoms with Crippen LogP contribution in [-0.4, -0.2) is 30.3 Å². The van der Waals surface area contributed by atoms with Crippen molar-refractivity contribution in [2.24, 2.45) is 0 Å². The highest BCUT2D eigenvalue weighted by Crippen LogP contribution is 2.14. The van der Waals surface area contributed by atoms with E-state index in [0.29, 0.717) is 12.2 Å². The molecular formula is C11H13FN2O4. The highest BCUT2D eigenvalue weighted by atomic mass is 19.1. The van der Waals surface area contributed by atoms with Crippen LogP contribution >= 0.6 is 0 Å². The maximum atomic E-state index is 12.7. The summed E-state index contributed by atoms with van der Waals surface area (Å²) in [6, 6.07) is 4.71. The van der Waals surface area contributed by atoms with Crippen LogP contribution in [0, 0.1) is 5.82 Å². The van der Waals surface area contributed by atoms with Crippen molar-refractivity contribution in [3.63, 3.8) is 0 Å². The Morgan fingerprint density at radius 3 is 2.50 bits per heavy atom.